The molecule has 1 aromatic heterocycles. The average Bonchev–Trinajstić information content (AvgIpc) is 2.39. The molecule has 0 radical (unpaired) electrons. The molecule has 0 fully saturated rings. The molecule has 1 N–H and O–H groups in total. The summed E-state index contributed by atoms with van der Waals surface area (Å²) in [6.07, 6.45) is 10.0. The molecule has 0 amide bonds. The fourth-order valence-electron chi connectivity index (χ4n) is 1.82. The lowest BCUT2D eigenvalue weighted by Crippen LogP contribution is -2.03. The summed E-state index contributed by atoms with van der Waals surface area (Å²) in [5.74, 6) is 3.61. The molecule has 0 aliphatic heterocycles. The largest absolute Gasteiger partial charge is 0.370 e. The predicted molar refractivity (Wildman–Crippen MR) is 72.9 cm³/mol. The predicted octanol–water partition coefficient (Wildman–Crippen LogP) is 3.45. The Balaban J connectivity index is 2.01. The van der Waals surface area contributed by atoms with Crippen LogP contribution in [-0.2, 0) is 0 Å². The van der Waals surface area contributed by atoms with Gasteiger partial charge >= 0.3 is 0 Å². The third kappa shape index (κ3) is 2.98. The minimum absolute atomic E-state index is 0.852. The highest BCUT2D eigenvalue weighted by molar-refractivity contribution is 5.91. The smallest absolute Gasteiger partial charge is 0.133 e. The maximum Gasteiger partial charge on any atom is 0.133 e. The van der Waals surface area contributed by atoms with E-state index in [9.17, 15) is 0 Å². The number of nitrogens with one attached hydrogen (secondary N) is 1. The summed E-state index contributed by atoms with van der Waals surface area (Å²) in [5.41, 5.74) is 0. The molecule has 0 unspecified atom stereocenters. The van der Waals surface area contributed by atoms with Crippen LogP contribution in [0.3, 0.4) is 0 Å². The molecule has 0 aliphatic rings. The summed E-state index contributed by atoms with van der Waals surface area (Å²) in [6, 6.07) is 10.3. The SMILES string of the molecule is C#CCCCCNc1nccc2ccccc12. The minimum Gasteiger partial charge on any atom is -0.370 e. The Labute approximate surface area is 102 Å². The molecule has 86 valence electrons. The number of rotatable bonds is 5. The zero-order valence-corrected chi connectivity index (χ0v) is 9.82. The second-order valence-electron chi connectivity index (χ2n) is 3.97. The van der Waals surface area contributed by atoms with Gasteiger partial charge in [0.1, 0.15) is 5.82 Å². The standard InChI is InChI=1S/C15H16N2/c1-2-3-4-7-11-16-15-14-9-6-5-8-13(14)10-12-17-15/h1,5-6,8-10,12H,3-4,7,11H2,(H,16,17). The molecule has 0 saturated carbocycles. The Bertz CT molecular complexity index is 520. The van der Waals surface area contributed by atoms with Crippen molar-refractivity contribution in [1.82, 2.24) is 4.98 Å². The Morgan fingerprint density at radius 1 is 1.18 bits per heavy atom. The lowest BCUT2D eigenvalue weighted by molar-refractivity contribution is 0.788. The van der Waals surface area contributed by atoms with Crippen molar-refractivity contribution >= 4 is 16.6 Å². The van der Waals surface area contributed by atoms with Crippen LogP contribution in [0.5, 0.6) is 0 Å². The number of fused-ring (bicyclic) bond motifs is 1. The Morgan fingerprint density at radius 3 is 2.94 bits per heavy atom. The van der Waals surface area contributed by atoms with Gasteiger partial charge in [-0.15, -0.1) is 12.3 Å². The van der Waals surface area contributed by atoms with Gasteiger partial charge in [-0.2, -0.15) is 0 Å². The molecule has 1 heterocycles. The molecule has 2 rings (SSSR count). The van der Waals surface area contributed by atoms with Crippen LogP contribution in [0.25, 0.3) is 10.8 Å². The van der Waals surface area contributed by atoms with Crippen LogP contribution in [0.4, 0.5) is 5.82 Å². The highest BCUT2D eigenvalue weighted by atomic mass is 15.0. The second kappa shape index (κ2) is 5.91. The lowest BCUT2D eigenvalue weighted by atomic mass is 10.1. The number of nitrogens with zero attached hydrogens (tertiary/aromatic N) is 1. The van der Waals surface area contributed by atoms with Gasteiger partial charge in [-0.1, -0.05) is 24.3 Å². The summed E-state index contributed by atoms with van der Waals surface area (Å²) in [5, 5.41) is 5.76. The molecule has 2 nitrogen and oxygen atoms in total. The number of benzene rings is 1. The van der Waals surface area contributed by atoms with E-state index in [1.807, 2.05) is 24.4 Å². The number of aromatic nitrogens is 1. The topological polar surface area (TPSA) is 24.9 Å². The van der Waals surface area contributed by atoms with Crippen molar-refractivity contribution < 1.29 is 0 Å². The second-order valence-corrected chi connectivity index (χ2v) is 3.97. The van der Waals surface area contributed by atoms with Crippen molar-refractivity contribution in [2.75, 3.05) is 11.9 Å². The van der Waals surface area contributed by atoms with Crippen molar-refractivity contribution in [2.24, 2.45) is 0 Å². The fraction of sp³-hybridized carbons (Fsp3) is 0.267. The summed E-state index contributed by atoms with van der Waals surface area (Å²) >= 11 is 0. The number of hydrogen-bond donors (Lipinski definition) is 1. The highest BCUT2D eigenvalue weighted by Gasteiger charge is 1.99. The van der Waals surface area contributed by atoms with Crippen molar-refractivity contribution in [1.29, 1.82) is 0 Å². The zero-order chi connectivity index (χ0) is 11.9. The molecular weight excluding hydrogens is 208 g/mol. The third-order valence-corrected chi connectivity index (χ3v) is 2.71. The van der Waals surface area contributed by atoms with Crippen LogP contribution in [0.2, 0.25) is 0 Å². The van der Waals surface area contributed by atoms with E-state index in [0.29, 0.717) is 0 Å². The molecule has 1 aromatic carbocycles. The maximum absolute atomic E-state index is 5.21. The zero-order valence-electron chi connectivity index (χ0n) is 9.82. The minimum atomic E-state index is 0.852. The summed E-state index contributed by atoms with van der Waals surface area (Å²) < 4.78 is 0. The van der Waals surface area contributed by atoms with E-state index in [2.05, 4.69) is 28.4 Å². The van der Waals surface area contributed by atoms with Crippen LogP contribution in [0.1, 0.15) is 19.3 Å². The lowest BCUT2D eigenvalue weighted by Gasteiger charge is -2.07. The molecule has 0 aliphatic carbocycles. The molecule has 0 spiro atoms. The van der Waals surface area contributed by atoms with Gasteiger partial charge < -0.3 is 5.32 Å². The van der Waals surface area contributed by atoms with Crippen molar-refractivity contribution in [3.8, 4) is 12.3 Å². The van der Waals surface area contributed by atoms with E-state index >= 15 is 0 Å². The number of anilines is 1. The number of unbranched alkanes of at least 4 members (excludes halogenated alkanes) is 2. The van der Waals surface area contributed by atoms with Crippen LogP contribution in [0.15, 0.2) is 36.5 Å². The Kier molecular flexibility index (Phi) is 3.99. The fourth-order valence-corrected chi connectivity index (χ4v) is 1.82. The van der Waals surface area contributed by atoms with Crippen LogP contribution < -0.4 is 5.32 Å². The Hall–Kier alpha value is -2.01. The van der Waals surface area contributed by atoms with Gasteiger partial charge in [0.05, 0.1) is 0 Å². The first-order chi connectivity index (χ1) is 8.42. The van der Waals surface area contributed by atoms with Crippen molar-refractivity contribution in [2.45, 2.75) is 19.3 Å². The van der Waals surface area contributed by atoms with Gasteiger partial charge in [-0.3, -0.25) is 0 Å². The maximum atomic E-state index is 5.21. The van der Waals surface area contributed by atoms with E-state index in [4.69, 9.17) is 6.42 Å². The summed E-state index contributed by atoms with van der Waals surface area (Å²) in [6.45, 7) is 0.919. The molecule has 2 aromatic rings. The first-order valence-electron chi connectivity index (χ1n) is 5.93. The van der Waals surface area contributed by atoms with Crippen molar-refractivity contribution in [3.63, 3.8) is 0 Å². The van der Waals surface area contributed by atoms with E-state index in [1.165, 1.54) is 10.8 Å². The number of pyridine rings is 1. The Morgan fingerprint density at radius 2 is 2.06 bits per heavy atom. The first kappa shape index (κ1) is 11.5. The van der Waals surface area contributed by atoms with Gasteiger partial charge in [0.25, 0.3) is 0 Å². The molecule has 0 saturated heterocycles. The normalized spacial score (nSPS) is 10.1. The van der Waals surface area contributed by atoms with Crippen LogP contribution in [0, 0.1) is 12.3 Å². The number of terminal acetylenes is 1. The van der Waals surface area contributed by atoms with E-state index in [-0.39, 0.29) is 0 Å². The van der Waals surface area contributed by atoms with Gasteiger partial charge in [-0.05, 0) is 24.3 Å². The third-order valence-electron chi connectivity index (χ3n) is 2.71. The molecule has 0 bridgehead atoms. The molecular formula is C15H16N2. The average molecular weight is 224 g/mol. The quantitative estimate of drug-likeness (QED) is 0.621. The van der Waals surface area contributed by atoms with Crippen LogP contribution in [-0.4, -0.2) is 11.5 Å². The molecule has 17 heavy (non-hydrogen) atoms. The monoisotopic (exact) mass is 224 g/mol. The van der Waals surface area contributed by atoms with E-state index in [1.54, 1.807) is 0 Å². The van der Waals surface area contributed by atoms with E-state index < -0.39 is 0 Å². The number of hydrogen-bond acceptors (Lipinski definition) is 2. The van der Waals surface area contributed by atoms with Gasteiger partial charge in [-0.25, -0.2) is 4.98 Å². The van der Waals surface area contributed by atoms with Gasteiger partial charge in [0.2, 0.25) is 0 Å². The summed E-state index contributed by atoms with van der Waals surface area (Å²) in [7, 11) is 0. The van der Waals surface area contributed by atoms with E-state index in [0.717, 1.165) is 31.6 Å². The highest BCUT2D eigenvalue weighted by Crippen LogP contribution is 2.20. The molecule has 0 atom stereocenters. The first-order valence-corrected chi connectivity index (χ1v) is 5.93. The van der Waals surface area contributed by atoms with Gasteiger partial charge in [0, 0.05) is 24.5 Å². The summed E-state index contributed by atoms with van der Waals surface area (Å²) in [4.78, 5) is 4.37. The van der Waals surface area contributed by atoms with Gasteiger partial charge in [0.15, 0.2) is 0 Å². The molecule has 2 heteroatoms. The van der Waals surface area contributed by atoms with Crippen LogP contribution >= 0.6 is 0 Å². The van der Waals surface area contributed by atoms with Crippen molar-refractivity contribution in [3.05, 3.63) is 36.5 Å².